The van der Waals surface area contributed by atoms with E-state index in [0.717, 1.165) is 24.9 Å². The highest BCUT2D eigenvalue weighted by molar-refractivity contribution is 5.74. The zero-order chi connectivity index (χ0) is 9.64. The van der Waals surface area contributed by atoms with Crippen molar-refractivity contribution in [2.24, 2.45) is 17.3 Å². The number of amides is 1. The highest BCUT2D eigenvalue weighted by atomic mass is 16.2. The van der Waals surface area contributed by atoms with Crippen molar-refractivity contribution in [3.05, 3.63) is 0 Å². The third-order valence-corrected chi connectivity index (χ3v) is 4.00. The van der Waals surface area contributed by atoms with E-state index >= 15 is 0 Å². The Kier molecular flexibility index (Phi) is 1.90. The van der Waals surface area contributed by atoms with Gasteiger partial charge < -0.3 is 4.90 Å². The summed E-state index contributed by atoms with van der Waals surface area (Å²) in [5.74, 6) is 1.92. The van der Waals surface area contributed by atoms with Crippen LogP contribution in [-0.4, -0.2) is 23.9 Å². The molecule has 2 rings (SSSR count). The fourth-order valence-corrected chi connectivity index (χ4v) is 3.09. The largest absolute Gasteiger partial charge is 0.342 e. The van der Waals surface area contributed by atoms with Crippen LogP contribution in [0, 0.1) is 17.3 Å². The van der Waals surface area contributed by atoms with E-state index in [9.17, 15) is 4.79 Å². The minimum absolute atomic E-state index is 0.250. The maximum absolute atomic E-state index is 11.1. The summed E-state index contributed by atoms with van der Waals surface area (Å²) in [5.41, 5.74) is 0.542. The summed E-state index contributed by atoms with van der Waals surface area (Å²) in [5, 5.41) is 0. The molecule has 1 spiro atoms. The molecule has 2 aliphatic rings. The molecule has 2 heteroatoms. The quantitative estimate of drug-likeness (QED) is 0.605. The second kappa shape index (κ2) is 2.73. The molecule has 1 heterocycles. The lowest BCUT2D eigenvalue weighted by Crippen LogP contribution is -2.66. The maximum Gasteiger partial charge on any atom is 0.219 e. The van der Waals surface area contributed by atoms with Gasteiger partial charge in [-0.05, 0) is 24.7 Å². The Morgan fingerprint density at radius 2 is 2.08 bits per heavy atom. The molecule has 0 radical (unpaired) electrons. The Labute approximate surface area is 80.3 Å². The molecule has 0 aromatic heterocycles. The van der Waals surface area contributed by atoms with Crippen molar-refractivity contribution in [2.45, 2.75) is 33.6 Å². The predicted octanol–water partition coefficient (Wildman–Crippen LogP) is 1.90. The van der Waals surface area contributed by atoms with E-state index in [1.165, 1.54) is 12.8 Å². The van der Waals surface area contributed by atoms with Gasteiger partial charge in [0.05, 0.1) is 0 Å². The molecule has 2 nitrogen and oxygen atoms in total. The van der Waals surface area contributed by atoms with Crippen LogP contribution in [0.1, 0.15) is 33.6 Å². The molecule has 13 heavy (non-hydrogen) atoms. The summed E-state index contributed by atoms with van der Waals surface area (Å²) in [7, 11) is 0. The van der Waals surface area contributed by atoms with E-state index in [2.05, 4.69) is 13.8 Å². The second-order valence-corrected chi connectivity index (χ2v) is 5.13. The SMILES string of the molecule is CC(=O)N1CC2(CCC2C(C)C)C1. The Morgan fingerprint density at radius 1 is 1.46 bits per heavy atom. The van der Waals surface area contributed by atoms with Crippen molar-refractivity contribution in [1.29, 1.82) is 0 Å². The zero-order valence-corrected chi connectivity index (χ0v) is 8.84. The fourth-order valence-electron chi connectivity index (χ4n) is 3.09. The van der Waals surface area contributed by atoms with Gasteiger partial charge in [-0.2, -0.15) is 0 Å². The molecule has 1 saturated carbocycles. The van der Waals surface area contributed by atoms with Crippen molar-refractivity contribution in [1.82, 2.24) is 4.90 Å². The van der Waals surface area contributed by atoms with Gasteiger partial charge in [-0.15, -0.1) is 0 Å². The normalized spacial score (nSPS) is 30.2. The van der Waals surface area contributed by atoms with Gasteiger partial charge in [0.2, 0.25) is 5.91 Å². The zero-order valence-electron chi connectivity index (χ0n) is 8.84. The molecule has 2 fully saturated rings. The van der Waals surface area contributed by atoms with Crippen LogP contribution in [0.3, 0.4) is 0 Å². The van der Waals surface area contributed by atoms with Gasteiger partial charge in [-0.1, -0.05) is 13.8 Å². The monoisotopic (exact) mass is 181 g/mol. The highest BCUT2D eigenvalue weighted by Gasteiger charge is 2.55. The van der Waals surface area contributed by atoms with Crippen molar-refractivity contribution in [3.63, 3.8) is 0 Å². The van der Waals surface area contributed by atoms with Crippen LogP contribution in [0.25, 0.3) is 0 Å². The first-order chi connectivity index (χ1) is 6.05. The van der Waals surface area contributed by atoms with Gasteiger partial charge in [0, 0.05) is 25.4 Å². The lowest BCUT2D eigenvalue weighted by molar-refractivity contribution is -0.162. The van der Waals surface area contributed by atoms with E-state index in [-0.39, 0.29) is 5.91 Å². The first-order valence-electron chi connectivity index (χ1n) is 5.31. The van der Waals surface area contributed by atoms with Crippen LogP contribution in [0.4, 0.5) is 0 Å². The Morgan fingerprint density at radius 3 is 2.38 bits per heavy atom. The van der Waals surface area contributed by atoms with Gasteiger partial charge >= 0.3 is 0 Å². The average Bonchev–Trinajstić information content (AvgIpc) is 1.78. The summed E-state index contributed by atoms with van der Waals surface area (Å²) in [6, 6.07) is 0. The predicted molar refractivity (Wildman–Crippen MR) is 52.2 cm³/mol. The molecule has 1 atom stereocenters. The molecule has 0 aromatic carbocycles. The van der Waals surface area contributed by atoms with Crippen molar-refractivity contribution in [2.75, 3.05) is 13.1 Å². The van der Waals surface area contributed by atoms with Crippen LogP contribution in [0.5, 0.6) is 0 Å². The molecule has 0 N–H and O–H groups in total. The molecule has 0 aromatic rings. The maximum atomic E-state index is 11.1. The number of nitrogens with zero attached hydrogens (tertiary/aromatic N) is 1. The van der Waals surface area contributed by atoms with Crippen molar-refractivity contribution in [3.8, 4) is 0 Å². The summed E-state index contributed by atoms with van der Waals surface area (Å²) in [6.07, 6.45) is 2.73. The first kappa shape index (κ1) is 9.04. The Balaban J connectivity index is 1.93. The lowest BCUT2D eigenvalue weighted by Gasteiger charge is -2.62. The summed E-state index contributed by atoms with van der Waals surface area (Å²) in [6.45, 7) is 8.36. The molecule has 0 bridgehead atoms. The topological polar surface area (TPSA) is 20.3 Å². The molecule has 1 aliphatic heterocycles. The van der Waals surface area contributed by atoms with Gasteiger partial charge in [0.1, 0.15) is 0 Å². The standard InChI is InChI=1S/C11H19NO/c1-8(2)10-4-5-11(10)6-12(7-11)9(3)13/h8,10H,4-7H2,1-3H3. The number of carbonyl (C=O) groups excluding carboxylic acids is 1. The highest BCUT2D eigenvalue weighted by Crippen LogP contribution is 2.55. The van der Waals surface area contributed by atoms with Gasteiger partial charge in [0.25, 0.3) is 0 Å². The fraction of sp³-hybridized carbons (Fsp3) is 0.909. The number of likely N-dealkylation sites (tertiary alicyclic amines) is 1. The number of hydrogen-bond donors (Lipinski definition) is 0. The van der Waals surface area contributed by atoms with E-state index < -0.39 is 0 Å². The van der Waals surface area contributed by atoms with Crippen molar-refractivity contribution >= 4 is 5.91 Å². The molecule has 74 valence electrons. The third kappa shape index (κ3) is 1.18. The van der Waals surface area contributed by atoms with Crippen LogP contribution in [0.15, 0.2) is 0 Å². The molecule has 1 saturated heterocycles. The molecule has 1 aliphatic carbocycles. The molecular weight excluding hydrogens is 162 g/mol. The van der Waals surface area contributed by atoms with Crippen LogP contribution < -0.4 is 0 Å². The lowest BCUT2D eigenvalue weighted by atomic mass is 9.52. The minimum atomic E-state index is 0.250. The summed E-state index contributed by atoms with van der Waals surface area (Å²) in [4.78, 5) is 13.0. The third-order valence-electron chi connectivity index (χ3n) is 4.00. The van der Waals surface area contributed by atoms with Crippen molar-refractivity contribution < 1.29 is 4.79 Å². The average molecular weight is 181 g/mol. The van der Waals surface area contributed by atoms with E-state index in [1.807, 2.05) is 4.90 Å². The Bertz CT molecular complexity index is 228. The second-order valence-electron chi connectivity index (χ2n) is 5.13. The number of rotatable bonds is 1. The number of carbonyl (C=O) groups is 1. The minimum Gasteiger partial charge on any atom is -0.342 e. The Hall–Kier alpha value is -0.530. The van der Waals surface area contributed by atoms with Crippen LogP contribution in [-0.2, 0) is 4.79 Å². The molecule has 1 unspecified atom stereocenters. The van der Waals surface area contributed by atoms with E-state index in [0.29, 0.717) is 5.41 Å². The molecular formula is C11H19NO. The van der Waals surface area contributed by atoms with E-state index in [4.69, 9.17) is 0 Å². The summed E-state index contributed by atoms with van der Waals surface area (Å²) >= 11 is 0. The van der Waals surface area contributed by atoms with Gasteiger partial charge in [-0.25, -0.2) is 0 Å². The van der Waals surface area contributed by atoms with Crippen LogP contribution in [0.2, 0.25) is 0 Å². The van der Waals surface area contributed by atoms with E-state index in [1.54, 1.807) is 6.92 Å². The first-order valence-corrected chi connectivity index (χ1v) is 5.31. The van der Waals surface area contributed by atoms with Gasteiger partial charge in [-0.3, -0.25) is 4.79 Å². The summed E-state index contributed by atoms with van der Waals surface area (Å²) < 4.78 is 0. The smallest absolute Gasteiger partial charge is 0.219 e. The van der Waals surface area contributed by atoms with Gasteiger partial charge in [0.15, 0.2) is 0 Å². The number of hydrogen-bond acceptors (Lipinski definition) is 1. The van der Waals surface area contributed by atoms with Crippen LogP contribution >= 0.6 is 0 Å². The molecule has 1 amide bonds.